The van der Waals surface area contributed by atoms with Gasteiger partial charge in [-0.2, -0.15) is 0 Å². The number of carbonyl (C=O) groups excluding carboxylic acids is 4. The van der Waals surface area contributed by atoms with Gasteiger partial charge in [-0.15, -0.1) is 0 Å². The maximum atomic E-state index is 13.6. The third-order valence-electron chi connectivity index (χ3n) is 10.3. The zero-order chi connectivity index (χ0) is 38.4. The van der Waals surface area contributed by atoms with Crippen molar-refractivity contribution in [2.45, 2.75) is 103 Å². The molecule has 0 aromatic heterocycles. The van der Waals surface area contributed by atoms with Crippen LogP contribution in [0.15, 0.2) is 54.6 Å². The lowest BCUT2D eigenvalue weighted by Gasteiger charge is -2.26. The number of nitrogens with zero attached hydrogens (tertiary/aromatic N) is 1. The summed E-state index contributed by atoms with van der Waals surface area (Å²) in [5, 5.41) is 7.76. The zero-order valence-electron chi connectivity index (χ0n) is 32.4. The smallest absolute Gasteiger partial charge is 0.407 e. The van der Waals surface area contributed by atoms with Crippen LogP contribution in [0.1, 0.15) is 91.0 Å². The number of ether oxygens (including phenoxy) is 4. The molecule has 2 aromatic rings. The Labute approximate surface area is 314 Å². The minimum atomic E-state index is -1.15. The van der Waals surface area contributed by atoms with E-state index in [1.165, 1.54) is 12.0 Å². The summed E-state index contributed by atoms with van der Waals surface area (Å²) in [5.41, 5.74) is -0.216. The van der Waals surface area contributed by atoms with Crippen LogP contribution in [0.25, 0.3) is 16.8 Å². The molecule has 0 spiro atoms. The quantitative estimate of drug-likeness (QED) is 0.0847. The first-order valence-electron chi connectivity index (χ1n) is 19.1. The van der Waals surface area contributed by atoms with E-state index in [0.717, 1.165) is 60.6 Å². The molecule has 290 valence electrons. The fraction of sp³-hybridized carbons (Fsp3) is 0.571. The molecule has 1 saturated carbocycles. The Hall–Kier alpha value is -4.38. The van der Waals surface area contributed by atoms with E-state index in [-0.39, 0.29) is 50.2 Å². The monoisotopic (exact) mass is 733 g/mol. The molecule has 1 aliphatic heterocycles. The number of esters is 1. The van der Waals surface area contributed by atoms with Gasteiger partial charge in [0.2, 0.25) is 11.8 Å². The molecule has 11 nitrogen and oxygen atoms in total. The molecule has 2 aliphatic rings. The first kappa shape index (κ1) is 41.4. The largest absolute Gasteiger partial charge is 0.496 e. The molecular weight excluding hydrogens is 674 g/mol. The fourth-order valence-electron chi connectivity index (χ4n) is 6.85. The van der Waals surface area contributed by atoms with E-state index in [4.69, 9.17) is 18.9 Å². The molecule has 2 N–H and O–H groups in total. The lowest BCUT2D eigenvalue weighted by atomic mass is 9.84. The van der Waals surface area contributed by atoms with Crippen LogP contribution < -0.4 is 15.4 Å². The fourth-order valence-corrected chi connectivity index (χ4v) is 6.85. The van der Waals surface area contributed by atoms with E-state index in [1.807, 2.05) is 24.3 Å². The van der Waals surface area contributed by atoms with Gasteiger partial charge in [0.25, 0.3) is 0 Å². The Kier molecular flexibility index (Phi) is 15.3. The lowest BCUT2D eigenvalue weighted by Crippen LogP contribution is -2.54. The van der Waals surface area contributed by atoms with Gasteiger partial charge >= 0.3 is 12.1 Å². The summed E-state index contributed by atoms with van der Waals surface area (Å²) in [6, 6.07) is 11.5. The topological polar surface area (TPSA) is 132 Å². The Morgan fingerprint density at radius 2 is 1.74 bits per heavy atom. The van der Waals surface area contributed by atoms with Gasteiger partial charge in [-0.25, -0.2) is 9.59 Å². The van der Waals surface area contributed by atoms with Crippen LogP contribution in [0.5, 0.6) is 5.75 Å². The van der Waals surface area contributed by atoms with Crippen LogP contribution in [-0.2, 0) is 28.6 Å². The lowest BCUT2D eigenvalue weighted by molar-refractivity contribution is -0.150. The average molecular weight is 734 g/mol. The van der Waals surface area contributed by atoms with E-state index in [2.05, 4.69) is 67.8 Å². The number of alkyl carbamates (subject to hydrolysis) is 1. The number of hydrogen-bond acceptors (Lipinski definition) is 8. The number of nitrogens with one attached hydrogen (secondary N) is 2. The van der Waals surface area contributed by atoms with Crippen LogP contribution in [0, 0.1) is 11.3 Å². The van der Waals surface area contributed by atoms with Crippen molar-refractivity contribution >= 4 is 40.7 Å². The molecule has 4 atom stereocenters. The van der Waals surface area contributed by atoms with Crippen LogP contribution in [0.2, 0.25) is 0 Å². The van der Waals surface area contributed by atoms with Crippen molar-refractivity contribution in [2.24, 2.45) is 11.3 Å². The van der Waals surface area contributed by atoms with Gasteiger partial charge in [0.15, 0.2) is 0 Å². The Bertz CT molecular complexity index is 1620. The molecule has 0 unspecified atom stereocenters. The van der Waals surface area contributed by atoms with Crippen molar-refractivity contribution in [3.8, 4) is 5.75 Å². The Morgan fingerprint density at radius 1 is 0.981 bits per heavy atom. The second-order valence-electron chi connectivity index (χ2n) is 14.9. The first-order valence-corrected chi connectivity index (χ1v) is 19.1. The van der Waals surface area contributed by atoms with E-state index < -0.39 is 35.5 Å². The maximum absolute atomic E-state index is 13.6. The van der Waals surface area contributed by atoms with Gasteiger partial charge in [0.05, 0.1) is 26.4 Å². The summed E-state index contributed by atoms with van der Waals surface area (Å²) in [7, 11) is 3.21. The normalized spacial score (nSPS) is 21.2. The van der Waals surface area contributed by atoms with E-state index >= 15 is 0 Å². The molecule has 1 heterocycles. The molecule has 0 bridgehead atoms. The number of allylic oxidation sites excluding steroid dienone is 2. The summed E-state index contributed by atoms with van der Waals surface area (Å²) < 4.78 is 21.9. The van der Waals surface area contributed by atoms with Gasteiger partial charge in [-0.3, -0.25) is 9.59 Å². The number of hydrogen-bond donors (Lipinski definition) is 2. The summed E-state index contributed by atoms with van der Waals surface area (Å²) >= 11 is 0. The highest BCUT2D eigenvalue weighted by Gasteiger charge is 2.62. The van der Waals surface area contributed by atoms with Crippen molar-refractivity contribution in [3.63, 3.8) is 0 Å². The third kappa shape index (κ3) is 11.6. The second-order valence-corrected chi connectivity index (χ2v) is 14.9. The third-order valence-corrected chi connectivity index (χ3v) is 10.3. The molecule has 1 aliphatic carbocycles. The summed E-state index contributed by atoms with van der Waals surface area (Å²) in [6.45, 7) is 8.39. The van der Waals surface area contributed by atoms with Gasteiger partial charge in [-0.05, 0) is 73.8 Å². The van der Waals surface area contributed by atoms with Crippen molar-refractivity contribution in [2.75, 3.05) is 40.5 Å². The molecule has 3 amide bonds. The predicted octanol–water partition coefficient (Wildman–Crippen LogP) is 6.97. The maximum Gasteiger partial charge on any atom is 0.407 e. The van der Waals surface area contributed by atoms with E-state index in [0.29, 0.717) is 12.8 Å². The average Bonchev–Trinajstić information content (AvgIpc) is 3.65. The second kappa shape index (κ2) is 19.6. The molecule has 1 saturated heterocycles. The molecule has 11 heteroatoms. The van der Waals surface area contributed by atoms with Gasteiger partial charge in [0, 0.05) is 31.6 Å². The van der Waals surface area contributed by atoms with Crippen LogP contribution in [0.3, 0.4) is 0 Å². The number of unbranched alkanes of at least 4 members (excludes halogenated alkanes) is 3. The first-order chi connectivity index (χ1) is 25.5. The SMILES string of the molecule is CCCCC/C=C\[C@@H]1C[C@]1(NC(=O)[C@@H]1C[C@H](OC)CN1C(=O)CNC(=O)OCCC(C)(C)CC/C=C/c1cc2ccccc2cc1OC)C(=O)OCC. The van der Waals surface area contributed by atoms with Gasteiger partial charge < -0.3 is 34.5 Å². The summed E-state index contributed by atoms with van der Waals surface area (Å²) in [4.78, 5) is 54.0. The minimum absolute atomic E-state index is 0.0917. The number of likely N-dealkylation sites (tertiary alicyclic amines) is 1. The van der Waals surface area contributed by atoms with Gasteiger partial charge in [-0.1, -0.05) is 82.2 Å². The molecule has 2 fully saturated rings. The number of rotatable bonds is 20. The van der Waals surface area contributed by atoms with E-state index in [9.17, 15) is 19.2 Å². The van der Waals surface area contributed by atoms with Crippen LogP contribution >= 0.6 is 0 Å². The number of methoxy groups -OCH3 is 2. The molecular formula is C42H59N3O8. The number of benzene rings is 2. The molecule has 0 radical (unpaired) electrons. The zero-order valence-corrected chi connectivity index (χ0v) is 32.4. The van der Waals surface area contributed by atoms with Crippen molar-refractivity contribution < 1.29 is 38.1 Å². The van der Waals surface area contributed by atoms with Crippen molar-refractivity contribution in [3.05, 3.63) is 60.2 Å². The highest BCUT2D eigenvalue weighted by molar-refractivity contribution is 5.96. The van der Waals surface area contributed by atoms with Crippen molar-refractivity contribution in [1.29, 1.82) is 0 Å². The molecule has 53 heavy (non-hydrogen) atoms. The van der Waals surface area contributed by atoms with Crippen LogP contribution in [-0.4, -0.2) is 87.0 Å². The number of amides is 3. The molecule has 4 rings (SSSR count). The van der Waals surface area contributed by atoms with Gasteiger partial charge in [0.1, 0.15) is 23.9 Å². The standard InChI is InChI=1S/C42H59N3O8/c1-7-9-10-11-12-20-33-27-42(33,39(48)52-8-2)44-38(47)35-26-34(50-5)29-45(35)37(46)28-43-40(49)53-23-22-41(3,4)21-16-15-19-32-24-30-17-13-14-18-31(30)25-36(32)51-6/h12-15,17-20,24-25,33-35H,7-11,16,21-23,26-29H2,1-6H3,(H,43,49)(H,44,47)/b19-15+,20-12-/t33-,34+,35+,42-/m1/s1. The highest BCUT2D eigenvalue weighted by Crippen LogP contribution is 2.46. The van der Waals surface area contributed by atoms with E-state index in [1.54, 1.807) is 14.0 Å². The van der Waals surface area contributed by atoms with Crippen LogP contribution in [0.4, 0.5) is 4.79 Å². The van der Waals surface area contributed by atoms with Crippen molar-refractivity contribution in [1.82, 2.24) is 15.5 Å². The Morgan fingerprint density at radius 3 is 2.43 bits per heavy atom. The predicted molar refractivity (Wildman–Crippen MR) is 206 cm³/mol. The molecule has 2 aromatic carbocycles. The Balaban J connectivity index is 1.23. The number of fused-ring (bicyclic) bond motifs is 1. The minimum Gasteiger partial charge on any atom is -0.496 e. The highest BCUT2D eigenvalue weighted by atomic mass is 16.5. The number of carbonyl (C=O) groups is 4. The summed E-state index contributed by atoms with van der Waals surface area (Å²) in [6.07, 6.45) is 14.5. The summed E-state index contributed by atoms with van der Waals surface area (Å²) in [5.74, 6) is -0.696.